The van der Waals surface area contributed by atoms with Gasteiger partial charge < -0.3 is 14.6 Å². The molecule has 10 heteroatoms. The second kappa shape index (κ2) is 6.63. The molecule has 0 aliphatic carbocycles. The van der Waals surface area contributed by atoms with E-state index in [9.17, 15) is 13.2 Å². The molecule has 2 aromatic heterocycles. The third-order valence-electron chi connectivity index (χ3n) is 3.83. The molecule has 0 saturated carbocycles. The van der Waals surface area contributed by atoms with Gasteiger partial charge in [0.1, 0.15) is 21.7 Å². The van der Waals surface area contributed by atoms with Gasteiger partial charge >= 0.3 is 0 Å². The number of carbonyl (C=O) groups is 1. The molecule has 1 amide bonds. The molecular weight excluding hydrogens is 352 g/mol. The summed E-state index contributed by atoms with van der Waals surface area (Å²) < 4.78 is 34.3. The number of aryl methyl sites for hydroxylation is 1. The summed E-state index contributed by atoms with van der Waals surface area (Å²) in [5.74, 6) is -0.332. The highest BCUT2D eigenvalue weighted by Gasteiger charge is 2.33. The Balaban J connectivity index is 1.86. The summed E-state index contributed by atoms with van der Waals surface area (Å²) >= 11 is 1.44. The lowest BCUT2D eigenvalue weighted by Crippen LogP contribution is -2.42. The Kier molecular flexibility index (Phi) is 4.72. The average molecular weight is 370 g/mol. The van der Waals surface area contributed by atoms with Crippen molar-refractivity contribution in [2.45, 2.75) is 11.0 Å². The number of hydrogen-bond donors (Lipinski definition) is 1. The molecule has 1 unspecified atom stereocenters. The number of morpholine rings is 1. The van der Waals surface area contributed by atoms with E-state index in [4.69, 9.17) is 4.74 Å². The number of aromatic nitrogens is 2. The van der Waals surface area contributed by atoms with Crippen LogP contribution in [-0.2, 0) is 21.8 Å². The van der Waals surface area contributed by atoms with Gasteiger partial charge in [0.15, 0.2) is 0 Å². The predicted molar refractivity (Wildman–Crippen MR) is 88.4 cm³/mol. The van der Waals surface area contributed by atoms with Crippen molar-refractivity contribution >= 4 is 27.3 Å². The number of thiazole rings is 1. The maximum atomic E-state index is 12.9. The van der Waals surface area contributed by atoms with Crippen LogP contribution in [0.25, 0.3) is 0 Å². The highest BCUT2D eigenvalue weighted by Crippen LogP contribution is 2.28. The summed E-state index contributed by atoms with van der Waals surface area (Å²) in [6, 6.07) is 1.39. The highest BCUT2D eigenvalue weighted by atomic mass is 32.2. The molecule has 1 atom stereocenters. The van der Waals surface area contributed by atoms with Crippen LogP contribution in [-0.4, -0.2) is 54.9 Å². The van der Waals surface area contributed by atoms with E-state index in [-0.39, 0.29) is 30.0 Å². The smallest absolute Gasteiger partial charge is 0.267 e. The quantitative estimate of drug-likeness (QED) is 0.851. The predicted octanol–water partition coefficient (Wildman–Crippen LogP) is 0.603. The van der Waals surface area contributed by atoms with Crippen molar-refractivity contribution in [1.82, 2.24) is 19.2 Å². The van der Waals surface area contributed by atoms with Crippen LogP contribution in [0.1, 0.15) is 21.6 Å². The van der Waals surface area contributed by atoms with Crippen molar-refractivity contribution in [3.63, 3.8) is 0 Å². The van der Waals surface area contributed by atoms with E-state index in [1.54, 1.807) is 13.2 Å². The van der Waals surface area contributed by atoms with Gasteiger partial charge in [-0.25, -0.2) is 13.4 Å². The Labute approximate surface area is 144 Å². The summed E-state index contributed by atoms with van der Waals surface area (Å²) in [6.07, 6.45) is 2.76. The second-order valence-electron chi connectivity index (χ2n) is 5.34. The Hall–Kier alpha value is -1.75. The zero-order valence-electron chi connectivity index (χ0n) is 13.3. The zero-order chi connectivity index (χ0) is 17.3. The van der Waals surface area contributed by atoms with E-state index in [1.165, 1.54) is 39.5 Å². The van der Waals surface area contributed by atoms with Gasteiger partial charge in [0.05, 0.1) is 6.61 Å². The number of hydrogen-bond acceptors (Lipinski definition) is 6. The molecular formula is C14H18N4O4S2. The van der Waals surface area contributed by atoms with E-state index in [1.807, 2.05) is 5.38 Å². The second-order valence-corrected chi connectivity index (χ2v) is 8.21. The van der Waals surface area contributed by atoms with E-state index < -0.39 is 10.0 Å². The van der Waals surface area contributed by atoms with E-state index in [0.29, 0.717) is 12.3 Å². The molecule has 2 aromatic rings. The Morgan fingerprint density at radius 3 is 2.96 bits per heavy atom. The first-order chi connectivity index (χ1) is 11.4. The molecule has 0 spiro atoms. The molecule has 8 nitrogen and oxygen atoms in total. The van der Waals surface area contributed by atoms with Crippen molar-refractivity contribution < 1.29 is 17.9 Å². The number of nitrogens with zero attached hydrogens (tertiary/aromatic N) is 3. The summed E-state index contributed by atoms with van der Waals surface area (Å²) in [7, 11) is -0.556. The van der Waals surface area contributed by atoms with Crippen LogP contribution in [0.5, 0.6) is 0 Å². The molecule has 0 aromatic carbocycles. The maximum absolute atomic E-state index is 12.9. The largest absolute Gasteiger partial charge is 0.368 e. The minimum Gasteiger partial charge on any atom is -0.368 e. The lowest BCUT2D eigenvalue weighted by Gasteiger charge is -2.30. The lowest BCUT2D eigenvalue weighted by atomic mass is 10.3. The van der Waals surface area contributed by atoms with Crippen LogP contribution < -0.4 is 5.32 Å². The average Bonchev–Trinajstić information content (AvgIpc) is 3.24. The third kappa shape index (κ3) is 3.09. The Morgan fingerprint density at radius 2 is 2.29 bits per heavy atom. The molecule has 1 N–H and O–H groups in total. The van der Waals surface area contributed by atoms with Crippen molar-refractivity contribution in [3.8, 4) is 0 Å². The summed E-state index contributed by atoms with van der Waals surface area (Å²) in [5, 5.41) is 5.09. The first-order valence-electron chi connectivity index (χ1n) is 7.33. The molecule has 1 aliphatic heterocycles. The molecule has 130 valence electrons. The van der Waals surface area contributed by atoms with E-state index in [2.05, 4.69) is 10.3 Å². The summed E-state index contributed by atoms with van der Waals surface area (Å²) in [6.45, 7) is 0.785. The molecule has 3 heterocycles. The van der Waals surface area contributed by atoms with Gasteiger partial charge in [-0.3, -0.25) is 4.79 Å². The van der Waals surface area contributed by atoms with Gasteiger partial charge in [-0.15, -0.1) is 11.3 Å². The first kappa shape index (κ1) is 17.1. The van der Waals surface area contributed by atoms with Gasteiger partial charge in [0.25, 0.3) is 5.91 Å². The molecule has 1 saturated heterocycles. The van der Waals surface area contributed by atoms with Gasteiger partial charge in [-0.05, 0) is 6.07 Å². The molecule has 1 fully saturated rings. The lowest BCUT2D eigenvalue weighted by molar-refractivity contribution is -0.00266. The number of sulfonamides is 1. The summed E-state index contributed by atoms with van der Waals surface area (Å²) in [4.78, 5) is 16.1. The Morgan fingerprint density at radius 1 is 1.50 bits per heavy atom. The van der Waals surface area contributed by atoms with Crippen LogP contribution in [0.15, 0.2) is 28.7 Å². The molecule has 24 heavy (non-hydrogen) atoms. The number of amides is 1. The Bertz CT molecular complexity index is 829. The minimum absolute atomic E-state index is 0.100. The third-order valence-corrected chi connectivity index (χ3v) is 6.53. The first-order valence-corrected chi connectivity index (χ1v) is 9.65. The van der Waals surface area contributed by atoms with Crippen molar-refractivity contribution in [1.29, 1.82) is 0 Å². The number of carbonyl (C=O) groups excluding carboxylic acids is 1. The standard InChI is InChI=1S/C14H18N4O4S2/c1-15-13(19)11-7-10(8-17(11)2)24(20,21)18-4-5-22-12(9-18)14-16-3-6-23-14/h3,6-8,12H,4-5,9H2,1-2H3,(H,15,19). The molecule has 0 bridgehead atoms. The van der Waals surface area contributed by atoms with Crippen LogP contribution in [0.4, 0.5) is 0 Å². The van der Waals surface area contributed by atoms with Crippen LogP contribution in [0.3, 0.4) is 0 Å². The van der Waals surface area contributed by atoms with E-state index >= 15 is 0 Å². The maximum Gasteiger partial charge on any atom is 0.267 e. The van der Waals surface area contributed by atoms with Crippen molar-refractivity contribution in [3.05, 3.63) is 34.5 Å². The summed E-state index contributed by atoms with van der Waals surface area (Å²) in [5.41, 5.74) is 0.292. The van der Waals surface area contributed by atoms with Gasteiger partial charge in [-0.2, -0.15) is 4.31 Å². The van der Waals surface area contributed by atoms with Crippen LogP contribution >= 0.6 is 11.3 Å². The SMILES string of the molecule is CNC(=O)c1cc(S(=O)(=O)N2CCOC(c3nccs3)C2)cn1C. The van der Waals surface area contributed by atoms with Crippen molar-refractivity contribution in [2.24, 2.45) is 7.05 Å². The number of nitrogens with one attached hydrogen (secondary N) is 1. The van der Waals surface area contributed by atoms with E-state index in [0.717, 1.165) is 5.01 Å². The molecule has 0 radical (unpaired) electrons. The molecule has 3 rings (SSSR count). The fraction of sp³-hybridized carbons (Fsp3) is 0.429. The zero-order valence-corrected chi connectivity index (χ0v) is 14.9. The topological polar surface area (TPSA) is 93.5 Å². The van der Waals surface area contributed by atoms with Crippen LogP contribution in [0.2, 0.25) is 0 Å². The number of ether oxygens (including phenoxy) is 1. The fourth-order valence-corrected chi connectivity index (χ4v) is 4.74. The van der Waals surface area contributed by atoms with Gasteiger partial charge in [-0.1, -0.05) is 0 Å². The highest BCUT2D eigenvalue weighted by molar-refractivity contribution is 7.89. The van der Waals surface area contributed by atoms with Gasteiger partial charge in [0, 0.05) is 45.0 Å². The normalized spacial score (nSPS) is 19.3. The fourth-order valence-electron chi connectivity index (χ4n) is 2.57. The van der Waals surface area contributed by atoms with Crippen LogP contribution in [0, 0.1) is 0 Å². The van der Waals surface area contributed by atoms with Crippen molar-refractivity contribution in [2.75, 3.05) is 26.7 Å². The number of rotatable bonds is 4. The minimum atomic E-state index is -3.70. The monoisotopic (exact) mass is 370 g/mol. The van der Waals surface area contributed by atoms with Gasteiger partial charge in [0.2, 0.25) is 10.0 Å². The molecule has 1 aliphatic rings.